The highest BCUT2D eigenvalue weighted by Gasteiger charge is 2.30. The van der Waals surface area contributed by atoms with E-state index in [1.165, 1.54) is 0 Å². The third-order valence-electron chi connectivity index (χ3n) is 4.16. The SMILES string of the molecule is CCC(CN)(CCN(C)C(=O)OC(C)(C)C)c1ccc(Cl)cc1. The average molecular weight is 341 g/mol. The molecule has 4 nitrogen and oxygen atoms in total. The summed E-state index contributed by atoms with van der Waals surface area (Å²) in [6.45, 7) is 8.82. The van der Waals surface area contributed by atoms with Gasteiger partial charge < -0.3 is 15.4 Å². The predicted octanol–water partition coefficient (Wildman–Crippen LogP) is 4.20. The van der Waals surface area contributed by atoms with Crippen molar-refractivity contribution in [2.45, 2.75) is 51.6 Å². The first-order valence-electron chi connectivity index (χ1n) is 8.04. The average Bonchev–Trinajstić information content (AvgIpc) is 2.48. The molecule has 0 aliphatic rings. The van der Waals surface area contributed by atoms with Gasteiger partial charge in [-0.3, -0.25) is 0 Å². The molecule has 1 aromatic carbocycles. The van der Waals surface area contributed by atoms with E-state index in [1.807, 2.05) is 45.0 Å². The van der Waals surface area contributed by atoms with Gasteiger partial charge in [-0.2, -0.15) is 0 Å². The van der Waals surface area contributed by atoms with Gasteiger partial charge in [-0.25, -0.2) is 4.79 Å². The van der Waals surface area contributed by atoms with Crippen molar-refractivity contribution in [2.75, 3.05) is 20.1 Å². The zero-order valence-corrected chi connectivity index (χ0v) is 15.6. The van der Waals surface area contributed by atoms with E-state index in [9.17, 15) is 4.79 Å². The summed E-state index contributed by atoms with van der Waals surface area (Å²) in [6.07, 6.45) is 1.36. The molecule has 0 aliphatic carbocycles. The minimum Gasteiger partial charge on any atom is -0.444 e. The standard InChI is InChI=1S/C18H29ClN2O2/c1-6-18(13-20,14-7-9-15(19)10-8-14)11-12-21(5)16(22)23-17(2,3)4/h7-10H,6,11-13,20H2,1-5H3. The van der Waals surface area contributed by atoms with Gasteiger partial charge in [-0.05, 0) is 51.3 Å². The maximum absolute atomic E-state index is 12.1. The molecular weight excluding hydrogens is 312 g/mol. The van der Waals surface area contributed by atoms with Crippen LogP contribution in [0.2, 0.25) is 5.02 Å². The number of benzene rings is 1. The van der Waals surface area contributed by atoms with Gasteiger partial charge in [0, 0.05) is 30.6 Å². The molecule has 0 saturated heterocycles. The van der Waals surface area contributed by atoms with Crippen LogP contribution in [0.5, 0.6) is 0 Å². The molecule has 0 fully saturated rings. The van der Waals surface area contributed by atoms with Crippen LogP contribution >= 0.6 is 11.6 Å². The monoisotopic (exact) mass is 340 g/mol. The van der Waals surface area contributed by atoms with Crippen molar-refractivity contribution in [2.24, 2.45) is 5.73 Å². The fourth-order valence-electron chi connectivity index (χ4n) is 2.51. The number of hydrogen-bond acceptors (Lipinski definition) is 3. The summed E-state index contributed by atoms with van der Waals surface area (Å²) in [5.74, 6) is 0. The minimum absolute atomic E-state index is 0.166. The Morgan fingerprint density at radius 1 is 1.26 bits per heavy atom. The lowest BCUT2D eigenvalue weighted by atomic mass is 9.75. The fraction of sp³-hybridized carbons (Fsp3) is 0.611. The van der Waals surface area contributed by atoms with Crippen LogP contribution in [0, 0.1) is 0 Å². The predicted molar refractivity (Wildman–Crippen MR) is 96.0 cm³/mol. The summed E-state index contributed by atoms with van der Waals surface area (Å²) in [4.78, 5) is 13.7. The van der Waals surface area contributed by atoms with Crippen LogP contribution in [0.3, 0.4) is 0 Å². The number of ether oxygens (including phenoxy) is 1. The van der Waals surface area contributed by atoms with Crippen LogP contribution in [-0.4, -0.2) is 36.7 Å². The van der Waals surface area contributed by atoms with Crippen molar-refractivity contribution in [3.63, 3.8) is 0 Å². The van der Waals surface area contributed by atoms with Gasteiger partial charge in [0.1, 0.15) is 5.60 Å². The van der Waals surface area contributed by atoms with Gasteiger partial charge >= 0.3 is 6.09 Å². The maximum atomic E-state index is 12.1. The van der Waals surface area contributed by atoms with Crippen LogP contribution in [0.1, 0.15) is 46.1 Å². The van der Waals surface area contributed by atoms with E-state index in [0.29, 0.717) is 18.1 Å². The number of carbonyl (C=O) groups excluding carboxylic acids is 1. The van der Waals surface area contributed by atoms with Gasteiger partial charge in [-0.1, -0.05) is 30.7 Å². The highest BCUT2D eigenvalue weighted by molar-refractivity contribution is 6.30. The molecule has 1 aromatic rings. The van der Waals surface area contributed by atoms with Crippen molar-refractivity contribution in [1.82, 2.24) is 4.90 Å². The van der Waals surface area contributed by atoms with Crippen molar-refractivity contribution >= 4 is 17.7 Å². The number of rotatable bonds is 6. The quantitative estimate of drug-likeness (QED) is 0.844. The lowest BCUT2D eigenvalue weighted by molar-refractivity contribution is 0.0286. The minimum atomic E-state index is -0.489. The van der Waals surface area contributed by atoms with Crippen molar-refractivity contribution in [3.8, 4) is 0 Å². The zero-order valence-electron chi connectivity index (χ0n) is 14.9. The van der Waals surface area contributed by atoms with E-state index in [4.69, 9.17) is 22.1 Å². The Labute approximate surface area is 144 Å². The number of hydrogen-bond donors (Lipinski definition) is 1. The second-order valence-corrected chi connectivity index (χ2v) is 7.43. The summed E-state index contributed by atoms with van der Waals surface area (Å²) in [5, 5.41) is 0.710. The molecule has 1 unspecified atom stereocenters. The topological polar surface area (TPSA) is 55.6 Å². The van der Waals surface area contributed by atoms with Crippen molar-refractivity contribution in [1.29, 1.82) is 0 Å². The lowest BCUT2D eigenvalue weighted by Gasteiger charge is -2.34. The Morgan fingerprint density at radius 3 is 2.26 bits per heavy atom. The van der Waals surface area contributed by atoms with Gasteiger partial charge in [0.15, 0.2) is 0 Å². The number of nitrogens with zero attached hydrogens (tertiary/aromatic N) is 1. The highest BCUT2D eigenvalue weighted by Crippen LogP contribution is 2.32. The summed E-state index contributed by atoms with van der Waals surface area (Å²) < 4.78 is 5.39. The number of amides is 1. The normalized spacial score (nSPS) is 14.2. The number of halogens is 1. The maximum Gasteiger partial charge on any atom is 0.410 e. The summed E-state index contributed by atoms with van der Waals surface area (Å²) in [7, 11) is 1.76. The molecule has 1 rings (SSSR count). The van der Waals surface area contributed by atoms with Crippen LogP contribution in [0.25, 0.3) is 0 Å². The highest BCUT2D eigenvalue weighted by atomic mass is 35.5. The summed E-state index contributed by atoms with van der Waals surface area (Å²) >= 11 is 5.98. The van der Waals surface area contributed by atoms with Crippen LogP contribution in [0.4, 0.5) is 4.79 Å². The Kier molecular flexibility index (Phi) is 6.90. The Morgan fingerprint density at radius 2 is 1.83 bits per heavy atom. The van der Waals surface area contributed by atoms with E-state index in [2.05, 4.69) is 6.92 Å². The van der Waals surface area contributed by atoms with Gasteiger partial charge in [0.25, 0.3) is 0 Å². The second kappa shape index (κ2) is 8.02. The molecule has 0 aromatic heterocycles. The van der Waals surface area contributed by atoms with Crippen LogP contribution < -0.4 is 5.73 Å². The van der Waals surface area contributed by atoms with Crippen LogP contribution in [-0.2, 0) is 10.2 Å². The second-order valence-electron chi connectivity index (χ2n) is 7.00. The van der Waals surface area contributed by atoms with E-state index >= 15 is 0 Å². The van der Waals surface area contributed by atoms with Crippen molar-refractivity contribution < 1.29 is 9.53 Å². The van der Waals surface area contributed by atoms with Gasteiger partial charge in [0.05, 0.1) is 0 Å². The van der Waals surface area contributed by atoms with Crippen LogP contribution in [0.15, 0.2) is 24.3 Å². The third kappa shape index (κ3) is 5.70. The molecule has 0 aliphatic heterocycles. The molecular formula is C18H29ClN2O2. The molecule has 0 spiro atoms. The first-order valence-corrected chi connectivity index (χ1v) is 8.41. The van der Waals surface area contributed by atoms with E-state index < -0.39 is 5.60 Å². The zero-order chi connectivity index (χ0) is 17.7. The smallest absolute Gasteiger partial charge is 0.410 e. The van der Waals surface area contributed by atoms with E-state index in [1.54, 1.807) is 11.9 Å². The molecule has 130 valence electrons. The molecule has 23 heavy (non-hydrogen) atoms. The van der Waals surface area contributed by atoms with Gasteiger partial charge in [0.2, 0.25) is 0 Å². The first-order chi connectivity index (χ1) is 10.6. The van der Waals surface area contributed by atoms with Crippen molar-refractivity contribution in [3.05, 3.63) is 34.9 Å². The fourth-order valence-corrected chi connectivity index (χ4v) is 2.63. The Bertz CT molecular complexity index is 505. The van der Waals surface area contributed by atoms with E-state index in [0.717, 1.165) is 18.4 Å². The molecule has 2 N–H and O–H groups in total. The lowest BCUT2D eigenvalue weighted by Crippen LogP contribution is -2.40. The Balaban J connectivity index is 2.80. The Hall–Kier alpha value is -1.26. The molecule has 0 heterocycles. The summed E-state index contributed by atoms with van der Waals surface area (Å²) in [5.41, 5.74) is 6.59. The summed E-state index contributed by atoms with van der Waals surface area (Å²) in [6, 6.07) is 7.81. The largest absolute Gasteiger partial charge is 0.444 e. The number of nitrogens with two attached hydrogens (primary N) is 1. The molecule has 0 radical (unpaired) electrons. The number of carbonyl (C=O) groups is 1. The molecule has 5 heteroatoms. The molecule has 1 amide bonds. The van der Waals surface area contributed by atoms with E-state index in [-0.39, 0.29) is 11.5 Å². The van der Waals surface area contributed by atoms with Gasteiger partial charge in [-0.15, -0.1) is 0 Å². The third-order valence-corrected chi connectivity index (χ3v) is 4.41. The first kappa shape index (κ1) is 19.8. The molecule has 0 bridgehead atoms. The molecule has 0 saturated carbocycles. The molecule has 1 atom stereocenters.